The Morgan fingerprint density at radius 3 is 2.78 bits per heavy atom. The molecule has 0 radical (unpaired) electrons. The minimum atomic E-state index is 0.633. The van der Waals surface area contributed by atoms with Crippen LogP contribution in [0.3, 0.4) is 0 Å². The molecule has 0 spiro atoms. The number of hydrogen-bond acceptors (Lipinski definition) is 5. The molecule has 0 fully saturated rings. The van der Waals surface area contributed by atoms with Crippen molar-refractivity contribution in [1.82, 2.24) is 24.5 Å². The number of aromatic nitrogens is 4. The Balaban J connectivity index is 1.79. The highest BCUT2D eigenvalue weighted by Crippen LogP contribution is 2.14. The summed E-state index contributed by atoms with van der Waals surface area (Å²) in [7, 11) is 4.16. The molecule has 0 bridgehead atoms. The molecule has 0 saturated carbocycles. The maximum atomic E-state index is 4.46. The number of rotatable bonds is 6. The molecule has 3 rings (SSSR count). The first kappa shape index (κ1) is 15.4. The van der Waals surface area contributed by atoms with E-state index in [1.165, 1.54) is 17.5 Å². The molecule has 0 unspecified atom stereocenters. The highest BCUT2D eigenvalue weighted by molar-refractivity contribution is 5.45. The number of benzene rings is 1. The lowest BCUT2D eigenvalue weighted by molar-refractivity contribution is 0.402. The molecule has 23 heavy (non-hydrogen) atoms. The molecule has 120 valence electrons. The van der Waals surface area contributed by atoms with Crippen LogP contribution < -0.4 is 5.32 Å². The lowest BCUT2D eigenvalue weighted by atomic mass is 10.1. The zero-order chi connectivity index (χ0) is 16.2. The van der Waals surface area contributed by atoms with Crippen LogP contribution in [0.5, 0.6) is 0 Å². The predicted octanol–water partition coefficient (Wildman–Crippen LogP) is 2.36. The number of nitrogens with one attached hydrogen (secondary N) is 1. The van der Waals surface area contributed by atoms with Crippen LogP contribution in [0.25, 0.3) is 5.78 Å². The Kier molecular flexibility index (Phi) is 4.52. The van der Waals surface area contributed by atoms with Gasteiger partial charge >= 0.3 is 0 Å². The van der Waals surface area contributed by atoms with Gasteiger partial charge in [0.1, 0.15) is 12.1 Å². The lowest BCUT2D eigenvalue weighted by Gasteiger charge is -2.12. The molecule has 2 aromatic heterocycles. The second-order valence-corrected chi connectivity index (χ2v) is 5.87. The van der Waals surface area contributed by atoms with E-state index in [1.54, 1.807) is 4.52 Å². The summed E-state index contributed by atoms with van der Waals surface area (Å²) in [5, 5.41) is 7.69. The lowest BCUT2D eigenvalue weighted by Crippen LogP contribution is -2.11. The number of nitrogens with zero attached hydrogens (tertiary/aromatic N) is 5. The van der Waals surface area contributed by atoms with Gasteiger partial charge in [0.05, 0.1) is 0 Å². The Hall–Kier alpha value is -2.47. The molecule has 6 nitrogen and oxygen atoms in total. The molecular weight excluding hydrogens is 288 g/mol. The Morgan fingerprint density at radius 1 is 1.17 bits per heavy atom. The van der Waals surface area contributed by atoms with Gasteiger partial charge in [-0.3, -0.25) is 0 Å². The van der Waals surface area contributed by atoms with Crippen molar-refractivity contribution >= 4 is 11.6 Å². The third-order valence-corrected chi connectivity index (χ3v) is 3.63. The fourth-order valence-corrected chi connectivity index (χ4v) is 2.56. The summed E-state index contributed by atoms with van der Waals surface area (Å²) in [4.78, 5) is 10.8. The molecule has 0 aliphatic rings. The van der Waals surface area contributed by atoms with E-state index in [2.05, 4.69) is 70.6 Å². The summed E-state index contributed by atoms with van der Waals surface area (Å²) in [6.07, 6.45) is 2.40. The number of fused-ring (bicyclic) bond motifs is 1. The summed E-state index contributed by atoms with van der Waals surface area (Å²) in [6, 6.07) is 10.6. The zero-order valence-electron chi connectivity index (χ0n) is 13.8. The average Bonchev–Trinajstić information content (AvgIpc) is 3.00. The van der Waals surface area contributed by atoms with Gasteiger partial charge in [-0.1, -0.05) is 31.2 Å². The quantitative estimate of drug-likeness (QED) is 0.757. The third-order valence-electron chi connectivity index (χ3n) is 3.63. The van der Waals surface area contributed by atoms with Gasteiger partial charge in [-0.2, -0.15) is 14.6 Å². The van der Waals surface area contributed by atoms with Crippen LogP contribution in [0.15, 0.2) is 36.7 Å². The van der Waals surface area contributed by atoms with Crippen molar-refractivity contribution in [3.63, 3.8) is 0 Å². The molecule has 3 aromatic rings. The van der Waals surface area contributed by atoms with E-state index < -0.39 is 0 Å². The van der Waals surface area contributed by atoms with E-state index in [1.807, 2.05) is 6.07 Å². The third kappa shape index (κ3) is 3.65. The standard InChI is InChI=1S/C17H22N6/c1-4-15-9-16(23-17(21-15)19-12-20-23)18-10-13-6-5-7-14(8-13)11-22(2)3/h5-9,12,18H,4,10-11H2,1-3H3. The summed E-state index contributed by atoms with van der Waals surface area (Å²) in [6.45, 7) is 3.77. The first-order chi connectivity index (χ1) is 11.2. The molecule has 0 saturated heterocycles. The van der Waals surface area contributed by atoms with Crippen molar-refractivity contribution in [2.45, 2.75) is 26.4 Å². The van der Waals surface area contributed by atoms with E-state index in [4.69, 9.17) is 0 Å². The predicted molar refractivity (Wildman–Crippen MR) is 91.3 cm³/mol. The minimum Gasteiger partial charge on any atom is -0.366 e. The van der Waals surface area contributed by atoms with Crippen LogP contribution in [-0.2, 0) is 19.5 Å². The minimum absolute atomic E-state index is 0.633. The van der Waals surface area contributed by atoms with Crippen molar-refractivity contribution in [1.29, 1.82) is 0 Å². The largest absolute Gasteiger partial charge is 0.366 e. The number of anilines is 1. The Labute approximate surface area is 136 Å². The van der Waals surface area contributed by atoms with Crippen molar-refractivity contribution < 1.29 is 0 Å². The number of hydrogen-bond donors (Lipinski definition) is 1. The summed E-state index contributed by atoms with van der Waals surface area (Å²) >= 11 is 0. The van der Waals surface area contributed by atoms with Gasteiger partial charge in [-0.25, -0.2) is 4.98 Å². The second kappa shape index (κ2) is 6.75. The molecule has 1 N–H and O–H groups in total. The van der Waals surface area contributed by atoms with Crippen LogP contribution in [0.1, 0.15) is 23.7 Å². The SMILES string of the molecule is CCc1cc(NCc2cccc(CN(C)C)c2)n2ncnc2n1. The first-order valence-electron chi connectivity index (χ1n) is 7.82. The fourth-order valence-electron chi connectivity index (χ4n) is 2.56. The van der Waals surface area contributed by atoms with E-state index in [0.717, 1.165) is 31.0 Å². The van der Waals surface area contributed by atoms with E-state index in [9.17, 15) is 0 Å². The van der Waals surface area contributed by atoms with Crippen LogP contribution in [0, 0.1) is 0 Å². The summed E-state index contributed by atoms with van der Waals surface area (Å²) in [5.74, 6) is 1.55. The van der Waals surface area contributed by atoms with Crippen molar-refractivity contribution in [2.75, 3.05) is 19.4 Å². The highest BCUT2D eigenvalue weighted by atomic mass is 15.3. The van der Waals surface area contributed by atoms with Crippen molar-refractivity contribution in [2.24, 2.45) is 0 Å². The molecule has 6 heteroatoms. The van der Waals surface area contributed by atoms with Crippen LogP contribution in [0.2, 0.25) is 0 Å². The summed E-state index contributed by atoms with van der Waals surface area (Å²) < 4.78 is 1.74. The summed E-state index contributed by atoms with van der Waals surface area (Å²) in [5.41, 5.74) is 3.56. The van der Waals surface area contributed by atoms with Gasteiger partial charge in [0.2, 0.25) is 0 Å². The smallest absolute Gasteiger partial charge is 0.254 e. The maximum Gasteiger partial charge on any atom is 0.254 e. The second-order valence-electron chi connectivity index (χ2n) is 5.87. The van der Waals surface area contributed by atoms with Gasteiger partial charge < -0.3 is 10.2 Å². The normalized spacial score (nSPS) is 11.3. The molecule has 0 aliphatic heterocycles. The van der Waals surface area contributed by atoms with E-state index in [0.29, 0.717) is 5.78 Å². The zero-order valence-corrected chi connectivity index (χ0v) is 13.8. The van der Waals surface area contributed by atoms with Crippen molar-refractivity contribution in [3.8, 4) is 0 Å². The maximum absolute atomic E-state index is 4.46. The van der Waals surface area contributed by atoms with Gasteiger partial charge in [0, 0.05) is 24.8 Å². The van der Waals surface area contributed by atoms with Gasteiger partial charge in [-0.05, 0) is 31.6 Å². The Bertz CT molecular complexity index is 793. The van der Waals surface area contributed by atoms with Crippen molar-refractivity contribution in [3.05, 3.63) is 53.5 Å². The Morgan fingerprint density at radius 2 is 2.00 bits per heavy atom. The monoisotopic (exact) mass is 310 g/mol. The fraction of sp³-hybridized carbons (Fsp3) is 0.353. The highest BCUT2D eigenvalue weighted by Gasteiger charge is 2.07. The van der Waals surface area contributed by atoms with Crippen LogP contribution in [-0.4, -0.2) is 38.6 Å². The van der Waals surface area contributed by atoms with Crippen LogP contribution >= 0.6 is 0 Å². The first-order valence-corrected chi connectivity index (χ1v) is 7.82. The molecule has 0 atom stereocenters. The molecule has 2 heterocycles. The molecule has 0 aliphatic carbocycles. The number of aryl methyl sites for hydroxylation is 1. The van der Waals surface area contributed by atoms with Gasteiger partial charge in [-0.15, -0.1) is 0 Å². The topological polar surface area (TPSA) is 58.4 Å². The average molecular weight is 310 g/mol. The van der Waals surface area contributed by atoms with Gasteiger partial charge in [0.25, 0.3) is 5.78 Å². The molecular formula is C17H22N6. The van der Waals surface area contributed by atoms with Gasteiger partial charge in [0.15, 0.2) is 0 Å². The van der Waals surface area contributed by atoms with E-state index >= 15 is 0 Å². The van der Waals surface area contributed by atoms with E-state index in [-0.39, 0.29) is 0 Å². The van der Waals surface area contributed by atoms with Crippen LogP contribution in [0.4, 0.5) is 5.82 Å². The molecule has 0 amide bonds. The molecule has 1 aromatic carbocycles.